The number of aromatic amines is 1. The van der Waals surface area contributed by atoms with Gasteiger partial charge in [-0.2, -0.15) is 4.36 Å². The zero-order chi connectivity index (χ0) is 17.4. The maximum atomic E-state index is 12.8. The molecule has 0 bridgehead atoms. The van der Waals surface area contributed by atoms with Gasteiger partial charge in [-0.15, -0.1) is 11.3 Å². The molecule has 2 aromatic carbocycles. The van der Waals surface area contributed by atoms with Gasteiger partial charge in [0, 0.05) is 21.5 Å². The molecule has 0 radical (unpaired) electrons. The Morgan fingerprint density at radius 1 is 1.08 bits per heavy atom. The maximum absolute atomic E-state index is 12.8. The molecule has 0 saturated carbocycles. The quantitative estimate of drug-likeness (QED) is 0.473. The summed E-state index contributed by atoms with van der Waals surface area (Å²) in [7, 11) is -3.05. The number of nitrogens with zero attached hydrogens (tertiary/aromatic N) is 1. The third-order valence-electron chi connectivity index (χ3n) is 3.79. The number of nitrogens with one attached hydrogen (secondary N) is 1. The van der Waals surface area contributed by atoms with E-state index < -0.39 is 9.92 Å². The van der Waals surface area contributed by atoms with Crippen molar-refractivity contribution in [1.82, 2.24) is 4.98 Å². The molecule has 0 amide bonds. The molecule has 126 valence electrons. The van der Waals surface area contributed by atoms with Crippen molar-refractivity contribution in [2.45, 2.75) is 4.90 Å². The van der Waals surface area contributed by atoms with Gasteiger partial charge in [0.2, 0.25) is 0 Å². The molecule has 3 N–H and O–H groups in total. The van der Waals surface area contributed by atoms with Crippen LogP contribution >= 0.6 is 22.9 Å². The van der Waals surface area contributed by atoms with Crippen molar-refractivity contribution < 1.29 is 4.21 Å². The Bertz CT molecular complexity index is 1150. The van der Waals surface area contributed by atoms with Gasteiger partial charge in [0.15, 0.2) is 0 Å². The molecule has 2 aromatic heterocycles. The summed E-state index contributed by atoms with van der Waals surface area (Å²) in [5, 5.41) is 7.47. The lowest BCUT2D eigenvalue weighted by Gasteiger charge is -2.03. The molecular formula is C18H14ClN3OS2. The molecule has 0 aliphatic carbocycles. The highest BCUT2D eigenvalue weighted by atomic mass is 35.5. The molecule has 4 nitrogen and oxygen atoms in total. The zero-order valence-electron chi connectivity index (χ0n) is 13.0. The zero-order valence-corrected chi connectivity index (χ0v) is 15.4. The van der Waals surface area contributed by atoms with Crippen LogP contribution in [0.4, 0.5) is 5.69 Å². The van der Waals surface area contributed by atoms with E-state index in [1.54, 1.807) is 41.8 Å². The van der Waals surface area contributed by atoms with Gasteiger partial charge in [0.05, 0.1) is 4.90 Å². The Morgan fingerprint density at radius 2 is 1.80 bits per heavy atom. The molecule has 4 rings (SSSR count). The Kier molecular flexibility index (Phi) is 4.13. The molecule has 25 heavy (non-hydrogen) atoms. The van der Waals surface area contributed by atoms with E-state index in [1.807, 2.05) is 24.3 Å². The molecule has 2 heterocycles. The van der Waals surface area contributed by atoms with Crippen LogP contribution in [-0.2, 0) is 9.92 Å². The largest absolute Gasteiger partial charge is 0.351 e. The highest BCUT2D eigenvalue weighted by Gasteiger charge is 2.13. The second-order valence-corrected chi connectivity index (χ2v) is 8.79. The van der Waals surface area contributed by atoms with Gasteiger partial charge in [0.1, 0.15) is 20.4 Å². The highest BCUT2D eigenvalue weighted by molar-refractivity contribution is 7.91. The standard InChI is InChI=1S/C18H14ClN3OS2/c19-13-6-8-14(9-7-13)25(20,23)22-16-11-21-18-15(16)10-17(24-18)12-4-2-1-3-5-12/h1-11,21H,(H2,20,22,23). The predicted octanol–water partition coefficient (Wildman–Crippen LogP) is 5.58. The first-order chi connectivity index (χ1) is 12.0. The topological polar surface area (TPSA) is 71.2 Å². The van der Waals surface area contributed by atoms with Crippen molar-refractivity contribution in [2.24, 2.45) is 9.50 Å². The van der Waals surface area contributed by atoms with Gasteiger partial charge < -0.3 is 4.98 Å². The molecule has 4 aromatic rings. The van der Waals surface area contributed by atoms with Gasteiger partial charge in [0.25, 0.3) is 0 Å². The first-order valence-corrected chi connectivity index (χ1v) is 10.3. The summed E-state index contributed by atoms with van der Waals surface area (Å²) in [6, 6.07) is 18.7. The molecule has 7 heteroatoms. The van der Waals surface area contributed by atoms with Crippen molar-refractivity contribution in [2.75, 3.05) is 0 Å². The van der Waals surface area contributed by atoms with E-state index in [0.717, 1.165) is 20.7 Å². The average Bonchev–Trinajstić information content (AvgIpc) is 3.18. The SMILES string of the molecule is NS(=O)(=Nc1c[nH]c2sc(-c3ccccc3)cc12)c1ccc(Cl)cc1. The van der Waals surface area contributed by atoms with Crippen LogP contribution in [0.5, 0.6) is 0 Å². The van der Waals surface area contributed by atoms with E-state index >= 15 is 0 Å². The predicted molar refractivity (Wildman–Crippen MR) is 106 cm³/mol. The molecule has 0 fully saturated rings. The fourth-order valence-electron chi connectivity index (χ4n) is 2.55. The summed E-state index contributed by atoms with van der Waals surface area (Å²) in [5.74, 6) is 0. The number of aromatic nitrogens is 1. The normalized spacial score (nSPS) is 13.7. The molecule has 0 spiro atoms. The van der Waals surface area contributed by atoms with Gasteiger partial charge in [-0.1, -0.05) is 41.9 Å². The second kappa shape index (κ2) is 6.31. The van der Waals surface area contributed by atoms with E-state index in [0.29, 0.717) is 15.6 Å². The molecular weight excluding hydrogens is 374 g/mol. The van der Waals surface area contributed by atoms with Crippen LogP contribution in [0.15, 0.2) is 76.1 Å². The van der Waals surface area contributed by atoms with Gasteiger partial charge in [-0.3, -0.25) is 0 Å². The molecule has 0 saturated heterocycles. The van der Waals surface area contributed by atoms with Crippen LogP contribution in [0, 0.1) is 0 Å². The number of fused-ring (bicyclic) bond motifs is 1. The van der Waals surface area contributed by atoms with Crippen molar-refractivity contribution in [3.8, 4) is 10.4 Å². The lowest BCUT2D eigenvalue weighted by Crippen LogP contribution is -2.11. The smallest absolute Gasteiger partial charge is 0.139 e. The van der Waals surface area contributed by atoms with Crippen molar-refractivity contribution in [3.63, 3.8) is 0 Å². The Hall–Kier alpha value is -2.12. The second-order valence-electron chi connectivity index (χ2n) is 5.51. The third-order valence-corrected chi connectivity index (χ3v) is 6.57. The maximum Gasteiger partial charge on any atom is 0.139 e. The van der Waals surface area contributed by atoms with Crippen molar-refractivity contribution in [1.29, 1.82) is 0 Å². The molecule has 0 aliphatic heterocycles. The lowest BCUT2D eigenvalue weighted by molar-refractivity contribution is 0.678. The summed E-state index contributed by atoms with van der Waals surface area (Å²) in [4.78, 5) is 5.73. The first kappa shape index (κ1) is 16.4. The summed E-state index contributed by atoms with van der Waals surface area (Å²) in [6.07, 6.45) is 1.73. The van der Waals surface area contributed by atoms with Gasteiger partial charge >= 0.3 is 0 Å². The third kappa shape index (κ3) is 3.21. The van der Waals surface area contributed by atoms with E-state index in [1.165, 1.54) is 0 Å². The van der Waals surface area contributed by atoms with Crippen LogP contribution in [-0.4, -0.2) is 9.19 Å². The molecule has 0 aliphatic rings. The van der Waals surface area contributed by atoms with E-state index in [-0.39, 0.29) is 0 Å². The number of thiophene rings is 1. The van der Waals surface area contributed by atoms with Crippen LogP contribution in [0.25, 0.3) is 20.7 Å². The van der Waals surface area contributed by atoms with Crippen molar-refractivity contribution in [3.05, 3.63) is 71.9 Å². The number of hydrogen-bond donors (Lipinski definition) is 2. The number of halogens is 1. The minimum atomic E-state index is -3.05. The van der Waals surface area contributed by atoms with Crippen molar-refractivity contribution >= 4 is 48.8 Å². The Morgan fingerprint density at radius 3 is 2.52 bits per heavy atom. The Balaban J connectivity index is 1.80. The number of H-pyrrole nitrogens is 1. The lowest BCUT2D eigenvalue weighted by atomic mass is 10.2. The summed E-state index contributed by atoms with van der Waals surface area (Å²) in [6.45, 7) is 0. The Labute approximate surface area is 154 Å². The summed E-state index contributed by atoms with van der Waals surface area (Å²) >= 11 is 7.50. The molecule has 1 unspecified atom stereocenters. The van der Waals surface area contributed by atoms with E-state index in [4.69, 9.17) is 16.7 Å². The van der Waals surface area contributed by atoms with Crippen LogP contribution in [0.3, 0.4) is 0 Å². The average molecular weight is 388 g/mol. The van der Waals surface area contributed by atoms with E-state index in [2.05, 4.69) is 21.5 Å². The fraction of sp³-hybridized carbons (Fsp3) is 0. The van der Waals surface area contributed by atoms with Gasteiger partial charge in [-0.25, -0.2) is 9.35 Å². The minimum Gasteiger partial charge on any atom is -0.351 e. The highest BCUT2D eigenvalue weighted by Crippen LogP contribution is 2.38. The minimum absolute atomic E-state index is 0.449. The van der Waals surface area contributed by atoms with E-state index in [9.17, 15) is 4.21 Å². The summed E-state index contributed by atoms with van der Waals surface area (Å²) in [5.41, 5.74) is 1.73. The van der Waals surface area contributed by atoms with Gasteiger partial charge in [-0.05, 0) is 35.9 Å². The number of hydrogen-bond acceptors (Lipinski definition) is 3. The first-order valence-electron chi connectivity index (χ1n) is 7.50. The number of nitrogens with two attached hydrogens (primary N) is 1. The van der Waals surface area contributed by atoms with Crippen LogP contribution in [0.2, 0.25) is 5.02 Å². The summed E-state index contributed by atoms with van der Waals surface area (Å²) < 4.78 is 17.2. The number of rotatable bonds is 3. The van der Waals surface area contributed by atoms with Crippen LogP contribution < -0.4 is 5.14 Å². The monoisotopic (exact) mass is 387 g/mol. The fourth-order valence-corrected chi connectivity index (χ4v) is 4.79. The number of benzene rings is 2. The van der Waals surface area contributed by atoms with Crippen LogP contribution in [0.1, 0.15) is 0 Å². The molecule has 1 atom stereocenters.